The fourth-order valence-electron chi connectivity index (χ4n) is 4.08. The molecule has 2 atom stereocenters. The van der Waals surface area contributed by atoms with Crippen molar-refractivity contribution in [2.75, 3.05) is 11.1 Å². The molecular formula is C29H27BrFN5O4S2. The highest BCUT2D eigenvalue weighted by Gasteiger charge is 2.24. The van der Waals surface area contributed by atoms with Crippen LogP contribution in [0.3, 0.4) is 0 Å². The first-order valence-electron chi connectivity index (χ1n) is 13.0. The van der Waals surface area contributed by atoms with Gasteiger partial charge in [0.25, 0.3) is 0 Å². The average Bonchev–Trinajstić information content (AvgIpc) is 3.47. The lowest BCUT2D eigenvalue weighted by Gasteiger charge is -2.17. The van der Waals surface area contributed by atoms with E-state index >= 15 is 0 Å². The second-order valence-electron chi connectivity index (χ2n) is 9.37. The van der Waals surface area contributed by atoms with Crippen LogP contribution in [0.15, 0.2) is 70.9 Å². The summed E-state index contributed by atoms with van der Waals surface area (Å²) in [6.45, 7) is 5.15. The van der Waals surface area contributed by atoms with Gasteiger partial charge in [0.1, 0.15) is 41.4 Å². The highest BCUT2D eigenvalue weighted by atomic mass is 79.9. The number of sulfone groups is 1. The summed E-state index contributed by atoms with van der Waals surface area (Å²) in [5.41, 5.74) is 2.47. The first kappa shape index (κ1) is 30.0. The molecule has 0 spiro atoms. The van der Waals surface area contributed by atoms with Crippen LogP contribution >= 0.6 is 27.3 Å². The summed E-state index contributed by atoms with van der Waals surface area (Å²) in [5, 5.41) is 6.58. The number of halogens is 2. The van der Waals surface area contributed by atoms with E-state index in [1.54, 1.807) is 32.2 Å². The van der Waals surface area contributed by atoms with Crippen LogP contribution in [-0.4, -0.2) is 39.5 Å². The van der Waals surface area contributed by atoms with E-state index < -0.39 is 21.4 Å². The fraction of sp³-hybridized carbons (Fsp3) is 0.241. The predicted molar refractivity (Wildman–Crippen MR) is 165 cm³/mol. The van der Waals surface area contributed by atoms with Gasteiger partial charge in [0.15, 0.2) is 15.3 Å². The molecule has 0 bridgehead atoms. The van der Waals surface area contributed by atoms with Gasteiger partial charge in [-0.2, -0.15) is 0 Å². The molecular weight excluding hydrogens is 645 g/mol. The fourth-order valence-corrected chi connectivity index (χ4v) is 6.18. The predicted octanol–water partition coefficient (Wildman–Crippen LogP) is 7.23. The van der Waals surface area contributed by atoms with Crippen LogP contribution in [0.2, 0.25) is 0 Å². The van der Waals surface area contributed by atoms with Gasteiger partial charge in [-0.15, -0.1) is 11.3 Å². The number of rotatable bonds is 11. The Morgan fingerprint density at radius 3 is 2.67 bits per heavy atom. The SMILES string of the molecule is CCS(=O)(=O)C(C)OC(C)c1nc(-c2cc3c(Nc4ccc(OCc5cccc(F)c5)c(Br)c4)ncnc3cn2)cs1. The molecule has 2 unspecified atom stereocenters. The Labute approximate surface area is 255 Å². The van der Waals surface area contributed by atoms with E-state index in [-0.39, 0.29) is 18.2 Å². The molecule has 2 aromatic carbocycles. The molecule has 0 aliphatic carbocycles. The maximum Gasteiger partial charge on any atom is 0.176 e. The van der Waals surface area contributed by atoms with Gasteiger partial charge in [0.2, 0.25) is 0 Å². The normalized spacial score (nSPS) is 13.2. The summed E-state index contributed by atoms with van der Waals surface area (Å²) < 4.78 is 50.0. The Morgan fingerprint density at radius 1 is 1.07 bits per heavy atom. The molecule has 0 saturated heterocycles. The van der Waals surface area contributed by atoms with Crippen LogP contribution in [-0.2, 0) is 21.2 Å². The van der Waals surface area contributed by atoms with E-state index in [1.165, 1.54) is 36.7 Å². The van der Waals surface area contributed by atoms with Gasteiger partial charge in [-0.1, -0.05) is 19.1 Å². The lowest BCUT2D eigenvalue weighted by molar-refractivity contribution is 0.0503. The number of ether oxygens (including phenoxy) is 2. The van der Waals surface area contributed by atoms with Crippen molar-refractivity contribution in [1.82, 2.24) is 19.9 Å². The maximum atomic E-state index is 13.5. The van der Waals surface area contributed by atoms with Crippen molar-refractivity contribution in [1.29, 1.82) is 0 Å². The molecule has 0 aliphatic rings. The Bertz CT molecular complexity index is 1840. The van der Waals surface area contributed by atoms with Gasteiger partial charge in [-0.25, -0.2) is 27.8 Å². The second kappa shape index (κ2) is 12.8. The van der Waals surface area contributed by atoms with E-state index in [0.717, 1.165) is 21.1 Å². The highest BCUT2D eigenvalue weighted by molar-refractivity contribution is 9.10. The Balaban J connectivity index is 1.33. The summed E-state index contributed by atoms with van der Waals surface area (Å²) in [6, 6.07) is 13.7. The lowest BCUT2D eigenvalue weighted by Crippen LogP contribution is -2.24. The largest absolute Gasteiger partial charge is 0.488 e. The van der Waals surface area contributed by atoms with E-state index in [1.807, 2.05) is 29.6 Å². The zero-order chi connectivity index (χ0) is 29.9. The van der Waals surface area contributed by atoms with Gasteiger partial charge in [0.05, 0.1) is 27.6 Å². The molecule has 5 rings (SSSR count). The lowest BCUT2D eigenvalue weighted by atomic mass is 10.2. The molecule has 0 fully saturated rings. The molecule has 1 N–H and O–H groups in total. The summed E-state index contributed by atoms with van der Waals surface area (Å²) in [5.74, 6) is 0.894. The molecule has 218 valence electrons. The third-order valence-electron chi connectivity index (χ3n) is 6.44. The average molecular weight is 673 g/mol. The Kier molecular flexibility index (Phi) is 9.11. The van der Waals surface area contributed by atoms with Crippen molar-refractivity contribution < 1.29 is 22.3 Å². The Morgan fingerprint density at radius 2 is 1.90 bits per heavy atom. The minimum absolute atomic E-state index is 0.00883. The molecule has 0 saturated carbocycles. The number of thiazole rings is 1. The quantitative estimate of drug-likeness (QED) is 0.155. The van der Waals surface area contributed by atoms with Crippen molar-refractivity contribution in [3.05, 3.63) is 87.3 Å². The molecule has 0 radical (unpaired) electrons. The van der Waals surface area contributed by atoms with Crippen molar-refractivity contribution in [2.45, 2.75) is 38.9 Å². The number of hydrogen-bond acceptors (Lipinski definition) is 10. The molecule has 5 aromatic rings. The first-order valence-corrected chi connectivity index (χ1v) is 16.4. The number of nitrogens with one attached hydrogen (secondary N) is 1. The molecule has 3 heterocycles. The molecule has 42 heavy (non-hydrogen) atoms. The molecule has 9 nitrogen and oxygen atoms in total. The standard InChI is InChI=1S/C29H27BrFN5O4S2/c1-4-42(37,38)18(3)40-17(2)29-36-26(15-41-29)24-12-22-25(13-32-24)33-16-34-28(22)35-21-8-9-27(23(30)11-21)39-14-19-6-5-7-20(31)10-19/h5-13,15-18H,4,14H2,1-3H3,(H,33,34,35). The summed E-state index contributed by atoms with van der Waals surface area (Å²) in [4.78, 5) is 18.0. The number of anilines is 2. The third kappa shape index (κ3) is 6.92. The summed E-state index contributed by atoms with van der Waals surface area (Å²) in [6.07, 6.45) is 2.62. The van der Waals surface area contributed by atoms with Gasteiger partial charge in [-0.3, -0.25) is 4.98 Å². The topological polar surface area (TPSA) is 116 Å². The number of nitrogens with zero attached hydrogens (tertiary/aromatic N) is 4. The highest BCUT2D eigenvalue weighted by Crippen LogP contribution is 2.33. The summed E-state index contributed by atoms with van der Waals surface area (Å²) >= 11 is 4.93. The van der Waals surface area contributed by atoms with Crippen molar-refractivity contribution in [3.8, 4) is 17.1 Å². The van der Waals surface area contributed by atoms with Crippen LogP contribution in [0.25, 0.3) is 22.3 Å². The molecule has 3 aromatic heterocycles. The summed E-state index contributed by atoms with van der Waals surface area (Å²) in [7, 11) is -3.32. The van der Waals surface area contributed by atoms with E-state index in [0.29, 0.717) is 33.5 Å². The van der Waals surface area contributed by atoms with Crippen molar-refractivity contribution in [3.63, 3.8) is 0 Å². The molecule has 0 amide bonds. The van der Waals surface area contributed by atoms with E-state index in [2.05, 4.69) is 41.2 Å². The van der Waals surface area contributed by atoms with Crippen LogP contribution in [0.1, 0.15) is 37.4 Å². The Hall–Kier alpha value is -3.52. The number of benzene rings is 2. The van der Waals surface area contributed by atoms with E-state index in [4.69, 9.17) is 9.47 Å². The van der Waals surface area contributed by atoms with Crippen LogP contribution in [0.5, 0.6) is 5.75 Å². The zero-order valence-electron chi connectivity index (χ0n) is 22.9. The van der Waals surface area contributed by atoms with Gasteiger partial charge < -0.3 is 14.8 Å². The van der Waals surface area contributed by atoms with Crippen LogP contribution in [0.4, 0.5) is 15.9 Å². The number of pyridine rings is 1. The van der Waals surface area contributed by atoms with Crippen molar-refractivity contribution >= 4 is 59.5 Å². The number of aromatic nitrogens is 4. The van der Waals surface area contributed by atoms with E-state index in [9.17, 15) is 12.8 Å². The zero-order valence-corrected chi connectivity index (χ0v) is 26.1. The van der Waals surface area contributed by atoms with Gasteiger partial charge in [-0.05, 0) is 71.7 Å². The molecule has 13 heteroatoms. The smallest absolute Gasteiger partial charge is 0.176 e. The second-order valence-corrected chi connectivity index (χ2v) is 13.7. The minimum atomic E-state index is -3.32. The van der Waals surface area contributed by atoms with Crippen LogP contribution < -0.4 is 10.1 Å². The first-order chi connectivity index (χ1) is 20.1. The van der Waals surface area contributed by atoms with Crippen molar-refractivity contribution in [2.24, 2.45) is 0 Å². The van der Waals surface area contributed by atoms with Gasteiger partial charge >= 0.3 is 0 Å². The van der Waals surface area contributed by atoms with Crippen LogP contribution in [0, 0.1) is 5.82 Å². The minimum Gasteiger partial charge on any atom is -0.488 e. The third-order valence-corrected chi connectivity index (χ3v) is 9.99. The van der Waals surface area contributed by atoms with Gasteiger partial charge in [0, 0.05) is 22.2 Å². The number of fused-ring (bicyclic) bond motifs is 1. The maximum absolute atomic E-state index is 13.5. The monoisotopic (exact) mass is 671 g/mol. The molecule has 0 aliphatic heterocycles. The number of hydrogen-bond donors (Lipinski definition) is 1.